The van der Waals surface area contributed by atoms with Gasteiger partial charge in [0.25, 0.3) is 5.91 Å². The van der Waals surface area contributed by atoms with Crippen LogP contribution in [0.1, 0.15) is 48.7 Å². The summed E-state index contributed by atoms with van der Waals surface area (Å²) in [6, 6.07) is 26.7. The largest absolute Gasteiger partial charge is 0.369 e. The number of rotatable bonds is 5. The fourth-order valence-electron chi connectivity index (χ4n) is 6.41. The van der Waals surface area contributed by atoms with E-state index in [0.717, 1.165) is 50.1 Å². The average Bonchev–Trinajstić information content (AvgIpc) is 3.38. The number of nitrogens with zero attached hydrogens (tertiary/aromatic N) is 3. The summed E-state index contributed by atoms with van der Waals surface area (Å²) in [4.78, 5) is 18.3. The molecule has 1 amide bonds. The van der Waals surface area contributed by atoms with E-state index >= 15 is 0 Å². The van der Waals surface area contributed by atoms with E-state index in [2.05, 4.69) is 75.7 Å². The van der Waals surface area contributed by atoms with Crippen LogP contribution in [0.2, 0.25) is 0 Å². The summed E-state index contributed by atoms with van der Waals surface area (Å²) in [5, 5.41) is 7.85. The van der Waals surface area contributed by atoms with Crippen LogP contribution in [0.4, 0.5) is 11.4 Å². The topological polar surface area (TPSA) is 61.6 Å². The molecule has 1 aliphatic carbocycles. The summed E-state index contributed by atoms with van der Waals surface area (Å²) in [6.07, 6.45) is 4.79. The number of carbonyl (C=O) groups excluding carboxylic acids is 1. The van der Waals surface area contributed by atoms with Crippen LogP contribution in [0.5, 0.6) is 0 Å². The molecule has 0 spiro atoms. The van der Waals surface area contributed by atoms with Gasteiger partial charge < -0.3 is 14.7 Å². The van der Waals surface area contributed by atoms with Crippen molar-refractivity contribution in [1.29, 1.82) is 0 Å². The second-order valence-electron chi connectivity index (χ2n) is 10.6. The Morgan fingerprint density at radius 2 is 1.76 bits per heavy atom. The molecule has 0 bridgehead atoms. The summed E-state index contributed by atoms with van der Waals surface area (Å²) in [7, 11) is 0. The first-order valence-electron chi connectivity index (χ1n) is 13.4. The highest BCUT2D eigenvalue weighted by Gasteiger charge is 2.42. The highest BCUT2D eigenvalue weighted by atomic mass is 16.5. The molecule has 3 aromatic carbocycles. The van der Waals surface area contributed by atoms with Crippen molar-refractivity contribution in [3.05, 3.63) is 90.1 Å². The second-order valence-corrected chi connectivity index (χ2v) is 10.6. The number of hydrogen-bond donors (Lipinski definition) is 1. The molecule has 2 aliphatic rings. The Labute approximate surface area is 218 Å². The number of benzene rings is 3. The van der Waals surface area contributed by atoms with Crippen LogP contribution in [-0.2, 0) is 5.54 Å². The second kappa shape index (κ2) is 10.0. The third kappa shape index (κ3) is 4.62. The Morgan fingerprint density at radius 3 is 2.57 bits per heavy atom. The predicted molar refractivity (Wildman–Crippen MR) is 148 cm³/mol. The zero-order valence-corrected chi connectivity index (χ0v) is 21.4. The monoisotopic (exact) mass is 494 g/mol. The zero-order valence-electron chi connectivity index (χ0n) is 21.4. The highest BCUT2D eigenvalue weighted by molar-refractivity contribution is 6.10. The van der Waals surface area contributed by atoms with E-state index < -0.39 is 0 Å². The molecule has 37 heavy (non-hydrogen) atoms. The minimum Gasteiger partial charge on any atom is -0.369 e. The maximum absolute atomic E-state index is 13.1. The van der Waals surface area contributed by atoms with Crippen molar-refractivity contribution in [3.63, 3.8) is 0 Å². The molecule has 2 unspecified atom stereocenters. The normalized spacial score (nSPS) is 22.7. The Morgan fingerprint density at radius 1 is 0.973 bits per heavy atom. The van der Waals surface area contributed by atoms with Crippen molar-refractivity contribution in [2.75, 3.05) is 36.4 Å². The molecule has 6 heteroatoms. The van der Waals surface area contributed by atoms with E-state index in [1.165, 1.54) is 24.1 Å². The number of para-hydroxylation sites is 2. The molecular formula is C31H34N4O2. The van der Waals surface area contributed by atoms with Crippen LogP contribution in [0.15, 0.2) is 83.4 Å². The van der Waals surface area contributed by atoms with Gasteiger partial charge >= 0.3 is 0 Å². The third-order valence-electron chi connectivity index (χ3n) is 8.23. The van der Waals surface area contributed by atoms with Gasteiger partial charge in [-0.3, -0.25) is 9.69 Å². The molecule has 1 aromatic heterocycles. The van der Waals surface area contributed by atoms with Gasteiger partial charge in [0, 0.05) is 43.1 Å². The standard InChI is InChI=1S/C31H34N4O2/c1-23-9-8-16-31(22-23,35-19-17-34(18-20-35)26-12-3-2-4-13-26)24-10-7-11-25(21-24)32-30(36)29-27-14-5-6-15-28(27)37-33-29/h2-7,10-15,21,23H,8-9,16-20,22H2,1H3,(H,32,36). The van der Waals surface area contributed by atoms with Crippen molar-refractivity contribution in [2.24, 2.45) is 5.92 Å². The number of carbonyl (C=O) groups is 1. The first kappa shape index (κ1) is 23.7. The molecule has 2 heterocycles. The maximum atomic E-state index is 13.1. The molecule has 4 aromatic rings. The van der Waals surface area contributed by atoms with Crippen LogP contribution >= 0.6 is 0 Å². The smallest absolute Gasteiger partial charge is 0.278 e. The fourth-order valence-corrected chi connectivity index (χ4v) is 6.41. The molecule has 1 saturated heterocycles. The van der Waals surface area contributed by atoms with E-state index in [-0.39, 0.29) is 11.4 Å². The van der Waals surface area contributed by atoms with Crippen LogP contribution in [-0.4, -0.2) is 42.1 Å². The first-order chi connectivity index (χ1) is 18.1. The lowest BCUT2D eigenvalue weighted by Gasteiger charge is -2.52. The number of piperazine rings is 1. The zero-order chi connectivity index (χ0) is 25.2. The van der Waals surface area contributed by atoms with E-state index in [1.807, 2.05) is 30.3 Å². The van der Waals surface area contributed by atoms with Crippen molar-refractivity contribution < 1.29 is 9.32 Å². The summed E-state index contributed by atoms with van der Waals surface area (Å²) >= 11 is 0. The van der Waals surface area contributed by atoms with E-state index in [1.54, 1.807) is 0 Å². The summed E-state index contributed by atoms with van der Waals surface area (Å²) < 4.78 is 5.35. The quantitative estimate of drug-likeness (QED) is 0.352. The molecule has 1 saturated carbocycles. The molecule has 190 valence electrons. The Bertz CT molecular complexity index is 1380. The minimum atomic E-state index is -0.246. The van der Waals surface area contributed by atoms with Gasteiger partial charge in [-0.2, -0.15) is 0 Å². The summed E-state index contributed by atoms with van der Waals surface area (Å²) in [6.45, 7) is 6.49. The molecular weight excluding hydrogens is 460 g/mol. The molecule has 2 fully saturated rings. The lowest BCUT2D eigenvalue weighted by Crippen LogP contribution is -2.57. The summed E-state index contributed by atoms with van der Waals surface area (Å²) in [5.41, 5.74) is 4.33. The van der Waals surface area contributed by atoms with Gasteiger partial charge in [0.1, 0.15) is 0 Å². The van der Waals surface area contributed by atoms with Crippen molar-refractivity contribution in [1.82, 2.24) is 10.1 Å². The SMILES string of the molecule is CC1CCCC(c2cccc(NC(=O)c3noc4ccccc34)c2)(N2CCN(c3ccccc3)CC2)C1. The lowest BCUT2D eigenvalue weighted by atomic mass is 9.71. The number of amides is 1. The Kier molecular flexibility index (Phi) is 6.43. The van der Waals surface area contributed by atoms with Gasteiger partial charge in [-0.1, -0.05) is 67.4 Å². The average molecular weight is 495 g/mol. The Hall–Kier alpha value is -3.64. The van der Waals surface area contributed by atoms with Crippen LogP contribution < -0.4 is 10.2 Å². The number of aromatic nitrogens is 1. The van der Waals surface area contributed by atoms with E-state index in [0.29, 0.717) is 17.2 Å². The van der Waals surface area contributed by atoms with Crippen molar-refractivity contribution in [3.8, 4) is 0 Å². The Balaban J connectivity index is 1.25. The molecule has 0 radical (unpaired) electrons. The van der Waals surface area contributed by atoms with Gasteiger partial charge in [-0.25, -0.2) is 0 Å². The third-order valence-corrected chi connectivity index (χ3v) is 8.23. The maximum Gasteiger partial charge on any atom is 0.278 e. The number of hydrogen-bond acceptors (Lipinski definition) is 5. The van der Waals surface area contributed by atoms with Gasteiger partial charge in [-0.05, 0) is 60.7 Å². The van der Waals surface area contributed by atoms with Crippen LogP contribution in [0.25, 0.3) is 11.0 Å². The van der Waals surface area contributed by atoms with Crippen LogP contribution in [0.3, 0.4) is 0 Å². The summed E-state index contributed by atoms with van der Waals surface area (Å²) in [5.74, 6) is 0.422. The minimum absolute atomic E-state index is 0.0121. The van der Waals surface area contributed by atoms with Crippen molar-refractivity contribution >= 4 is 28.3 Å². The van der Waals surface area contributed by atoms with Gasteiger partial charge in [0.15, 0.2) is 11.3 Å². The molecule has 6 nitrogen and oxygen atoms in total. The molecule has 2 atom stereocenters. The lowest BCUT2D eigenvalue weighted by molar-refractivity contribution is 0.0243. The predicted octanol–water partition coefficient (Wildman–Crippen LogP) is 6.31. The number of anilines is 2. The van der Waals surface area contributed by atoms with E-state index in [4.69, 9.17) is 4.52 Å². The van der Waals surface area contributed by atoms with Crippen molar-refractivity contribution in [2.45, 2.75) is 38.1 Å². The van der Waals surface area contributed by atoms with E-state index in [9.17, 15) is 4.79 Å². The number of fused-ring (bicyclic) bond motifs is 1. The molecule has 6 rings (SSSR count). The molecule has 1 N–H and O–H groups in total. The van der Waals surface area contributed by atoms with Gasteiger partial charge in [0.2, 0.25) is 0 Å². The highest BCUT2D eigenvalue weighted by Crippen LogP contribution is 2.45. The first-order valence-corrected chi connectivity index (χ1v) is 13.4. The van der Waals surface area contributed by atoms with Gasteiger partial charge in [-0.15, -0.1) is 0 Å². The fraction of sp³-hybridized carbons (Fsp3) is 0.355. The van der Waals surface area contributed by atoms with Gasteiger partial charge in [0.05, 0.1) is 5.39 Å². The molecule has 1 aliphatic heterocycles. The van der Waals surface area contributed by atoms with Crippen LogP contribution in [0, 0.1) is 5.92 Å². The number of nitrogens with one attached hydrogen (secondary N) is 1.